The Hall–Kier alpha value is -2.62. The summed E-state index contributed by atoms with van der Waals surface area (Å²) in [5.41, 5.74) is 4.56. The lowest BCUT2D eigenvalue weighted by Crippen LogP contribution is -2.30. The highest BCUT2D eigenvalue weighted by Crippen LogP contribution is 2.37. The first kappa shape index (κ1) is 14.9. The van der Waals surface area contributed by atoms with Gasteiger partial charge in [-0.1, -0.05) is 23.8 Å². The van der Waals surface area contributed by atoms with Gasteiger partial charge in [0.05, 0.1) is 0 Å². The van der Waals surface area contributed by atoms with Crippen LogP contribution in [0.5, 0.6) is 0 Å². The molecule has 2 aromatic carbocycles. The van der Waals surface area contributed by atoms with Crippen LogP contribution < -0.4 is 10.2 Å². The number of rotatable bonds is 3. The number of anilines is 2. The van der Waals surface area contributed by atoms with Crippen molar-refractivity contribution in [2.75, 3.05) is 16.8 Å². The van der Waals surface area contributed by atoms with Crippen LogP contribution in [0.1, 0.15) is 34.3 Å². The van der Waals surface area contributed by atoms with Crippen molar-refractivity contribution >= 4 is 23.2 Å². The zero-order valence-electron chi connectivity index (χ0n) is 13.7. The van der Waals surface area contributed by atoms with Gasteiger partial charge in [-0.25, -0.2) is 0 Å². The Balaban J connectivity index is 1.56. The van der Waals surface area contributed by atoms with E-state index in [9.17, 15) is 9.59 Å². The van der Waals surface area contributed by atoms with Gasteiger partial charge in [0.15, 0.2) is 0 Å². The lowest BCUT2D eigenvalue weighted by molar-refractivity contribution is -0.119. The molecule has 0 spiro atoms. The Bertz CT molecular complexity index is 824. The second kappa shape index (κ2) is 5.78. The first-order valence-corrected chi connectivity index (χ1v) is 8.44. The van der Waals surface area contributed by atoms with E-state index in [1.54, 1.807) is 6.07 Å². The van der Waals surface area contributed by atoms with Crippen molar-refractivity contribution < 1.29 is 9.59 Å². The molecular weight excluding hydrogens is 300 g/mol. The Labute approximate surface area is 141 Å². The molecule has 24 heavy (non-hydrogen) atoms. The van der Waals surface area contributed by atoms with Gasteiger partial charge in [0.1, 0.15) is 0 Å². The maximum absolute atomic E-state index is 12.4. The van der Waals surface area contributed by atoms with E-state index in [2.05, 4.69) is 5.32 Å². The van der Waals surface area contributed by atoms with Crippen LogP contribution in [0.15, 0.2) is 42.5 Å². The number of hydrogen-bond donors (Lipinski definition) is 1. The van der Waals surface area contributed by atoms with Gasteiger partial charge >= 0.3 is 0 Å². The smallest absolute Gasteiger partial charge is 0.255 e. The maximum atomic E-state index is 12.4. The minimum Gasteiger partial charge on any atom is -0.322 e. The van der Waals surface area contributed by atoms with Crippen LogP contribution in [0.3, 0.4) is 0 Å². The van der Waals surface area contributed by atoms with E-state index >= 15 is 0 Å². The average Bonchev–Trinajstić information content (AvgIpc) is 3.34. The largest absolute Gasteiger partial charge is 0.322 e. The van der Waals surface area contributed by atoms with Crippen molar-refractivity contribution in [3.8, 4) is 0 Å². The van der Waals surface area contributed by atoms with Crippen LogP contribution in [0.2, 0.25) is 0 Å². The molecule has 0 radical (unpaired) electrons. The van der Waals surface area contributed by atoms with E-state index in [-0.39, 0.29) is 17.7 Å². The second-order valence-electron chi connectivity index (χ2n) is 6.68. The van der Waals surface area contributed by atoms with Crippen molar-refractivity contribution in [1.29, 1.82) is 0 Å². The Kier molecular flexibility index (Phi) is 3.60. The Morgan fingerprint density at radius 3 is 2.71 bits per heavy atom. The van der Waals surface area contributed by atoms with Crippen LogP contribution >= 0.6 is 0 Å². The topological polar surface area (TPSA) is 49.4 Å². The zero-order valence-corrected chi connectivity index (χ0v) is 13.7. The maximum Gasteiger partial charge on any atom is 0.255 e. The van der Waals surface area contributed by atoms with Crippen LogP contribution in [0.4, 0.5) is 11.4 Å². The SMILES string of the molecule is Cc1cccc(C(=O)Nc2ccc3c(c2)N(C(=O)C2CC2)CC3)c1. The standard InChI is InChI=1S/C20H20N2O2/c1-13-3-2-4-16(11-13)19(23)21-17-8-7-14-9-10-22(18(14)12-17)20(24)15-5-6-15/h2-4,7-8,11-12,15H,5-6,9-10H2,1H3,(H,21,23). The van der Waals surface area contributed by atoms with Crippen molar-refractivity contribution in [3.63, 3.8) is 0 Å². The average molecular weight is 320 g/mol. The molecule has 0 bridgehead atoms. The van der Waals surface area contributed by atoms with Crippen molar-refractivity contribution in [3.05, 3.63) is 59.2 Å². The third kappa shape index (κ3) is 2.80. The first-order valence-electron chi connectivity index (χ1n) is 8.44. The number of nitrogens with zero attached hydrogens (tertiary/aromatic N) is 1. The summed E-state index contributed by atoms with van der Waals surface area (Å²) in [7, 11) is 0. The molecule has 0 atom stereocenters. The predicted octanol–water partition coefficient (Wildman–Crippen LogP) is 3.55. The highest BCUT2D eigenvalue weighted by molar-refractivity contribution is 6.05. The van der Waals surface area contributed by atoms with Gasteiger partial charge in [-0.2, -0.15) is 0 Å². The lowest BCUT2D eigenvalue weighted by Gasteiger charge is -2.18. The minimum absolute atomic E-state index is 0.128. The summed E-state index contributed by atoms with van der Waals surface area (Å²) in [5.74, 6) is 0.314. The van der Waals surface area contributed by atoms with Crippen LogP contribution in [-0.4, -0.2) is 18.4 Å². The molecule has 4 heteroatoms. The third-order valence-corrected chi connectivity index (χ3v) is 4.71. The molecule has 1 aliphatic carbocycles. The third-order valence-electron chi connectivity index (χ3n) is 4.71. The number of aryl methyl sites for hydroxylation is 1. The quantitative estimate of drug-likeness (QED) is 0.940. The van der Waals surface area contributed by atoms with E-state index in [4.69, 9.17) is 0 Å². The van der Waals surface area contributed by atoms with Gasteiger partial charge in [0.2, 0.25) is 5.91 Å². The molecule has 1 saturated carbocycles. The molecule has 122 valence electrons. The molecule has 0 unspecified atom stereocenters. The van der Waals surface area contributed by atoms with E-state index in [1.807, 2.05) is 48.2 Å². The lowest BCUT2D eigenvalue weighted by atomic mass is 10.1. The van der Waals surface area contributed by atoms with Gasteiger partial charge in [-0.15, -0.1) is 0 Å². The van der Waals surface area contributed by atoms with Crippen molar-refractivity contribution in [2.24, 2.45) is 5.92 Å². The zero-order chi connectivity index (χ0) is 16.7. The monoisotopic (exact) mass is 320 g/mol. The summed E-state index contributed by atoms with van der Waals surface area (Å²) < 4.78 is 0. The second-order valence-corrected chi connectivity index (χ2v) is 6.68. The summed E-state index contributed by atoms with van der Waals surface area (Å²) in [6, 6.07) is 13.4. The molecule has 2 amide bonds. The van der Waals surface area contributed by atoms with Crippen LogP contribution in [0.25, 0.3) is 0 Å². The summed E-state index contributed by atoms with van der Waals surface area (Å²) in [6.45, 7) is 2.72. The number of amides is 2. The molecular formula is C20H20N2O2. The Morgan fingerprint density at radius 2 is 1.96 bits per heavy atom. The highest BCUT2D eigenvalue weighted by Gasteiger charge is 2.36. The molecule has 1 fully saturated rings. The predicted molar refractivity (Wildman–Crippen MR) is 94.4 cm³/mol. The molecule has 0 aromatic heterocycles. The van der Waals surface area contributed by atoms with Crippen molar-refractivity contribution in [2.45, 2.75) is 26.2 Å². The normalized spacial score (nSPS) is 16.0. The molecule has 4 nitrogen and oxygen atoms in total. The number of nitrogens with one attached hydrogen (secondary N) is 1. The van der Waals surface area contributed by atoms with Gasteiger partial charge in [0, 0.05) is 29.4 Å². The molecule has 2 aliphatic rings. The summed E-state index contributed by atoms with van der Waals surface area (Å²) in [4.78, 5) is 26.7. The number of fused-ring (bicyclic) bond motifs is 1. The Morgan fingerprint density at radius 1 is 1.12 bits per heavy atom. The molecule has 0 saturated heterocycles. The van der Waals surface area contributed by atoms with Crippen molar-refractivity contribution in [1.82, 2.24) is 0 Å². The minimum atomic E-state index is -0.128. The number of carbonyl (C=O) groups is 2. The number of hydrogen-bond acceptors (Lipinski definition) is 2. The molecule has 1 heterocycles. The number of carbonyl (C=O) groups excluding carboxylic acids is 2. The first-order chi connectivity index (χ1) is 11.6. The summed E-state index contributed by atoms with van der Waals surface area (Å²) in [5, 5.41) is 2.94. The fraction of sp³-hybridized carbons (Fsp3) is 0.300. The van der Waals surface area contributed by atoms with E-state index in [0.717, 1.165) is 42.7 Å². The van der Waals surface area contributed by atoms with Crippen LogP contribution in [0, 0.1) is 12.8 Å². The highest BCUT2D eigenvalue weighted by atomic mass is 16.2. The molecule has 4 rings (SSSR count). The van der Waals surface area contributed by atoms with Gasteiger partial charge in [0.25, 0.3) is 5.91 Å². The van der Waals surface area contributed by atoms with Crippen LogP contribution in [-0.2, 0) is 11.2 Å². The molecule has 2 aromatic rings. The fourth-order valence-corrected chi connectivity index (χ4v) is 3.23. The van der Waals surface area contributed by atoms with E-state index in [0.29, 0.717) is 5.56 Å². The van der Waals surface area contributed by atoms with E-state index < -0.39 is 0 Å². The molecule has 1 aliphatic heterocycles. The van der Waals surface area contributed by atoms with Gasteiger partial charge in [-0.05, 0) is 56.0 Å². The summed E-state index contributed by atoms with van der Waals surface area (Å²) in [6.07, 6.45) is 2.91. The van der Waals surface area contributed by atoms with Gasteiger partial charge in [-0.3, -0.25) is 9.59 Å². The molecule has 1 N–H and O–H groups in total. The van der Waals surface area contributed by atoms with Gasteiger partial charge < -0.3 is 10.2 Å². The van der Waals surface area contributed by atoms with E-state index in [1.165, 1.54) is 5.56 Å². The number of benzene rings is 2. The summed E-state index contributed by atoms with van der Waals surface area (Å²) >= 11 is 0. The fourth-order valence-electron chi connectivity index (χ4n) is 3.23.